The summed E-state index contributed by atoms with van der Waals surface area (Å²) in [4.78, 5) is 0. The van der Waals surface area contributed by atoms with Crippen LogP contribution >= 0.6 is 0 Å². The molecule has 1 aliphatic carbocycles. The second-order valence-electron chi connectivity index (χ2n) is 5.99. The molecule has 18 heavy (non-hydrogen) atoms. The minimum atomic E-state index is 0.0272. The summed E-state index contributed by atoms with van der Waals surface area (Å²) < 4.78 is 6.34. The number of benzene rings is 1. The summed E-state index contributed by atoms with van der Waals surface area (Å²) in [5.74, 6) is 1.92. The number of nitrogens with two attached hydrogens (primary N) is 1. The van der Waals surface area contributed by atoms with Crippen molar-refractivity contribution < 1.29 is 4.74 Å². The van der Waals surface area contributed by atoms with Gasteiger partial charge in [-0.05, 0) is 37.7 Å². The van der Waals surface area contributed by atoms with Crippen LogP contribution in [0.5, 0.6) is 5.75 Å². The van der Waals surface area contributed by atoms with Crippen LogP contribution in [0.3, 0.4) is 0 Å². The smallest absolute Gasteiger partial charge is 0.124 e. The summed E-state index contributed by atoms with van der Waals surface area (Å²) in [6.07, 6.45) is 7.23. The zero-order chi connectivity index (χ0) is 12.6. The van der Waals surface area contributed by atoms with E-state index in [2.05, 4.69) is 19.1 Å². The minimum Gasteiger partial charge on any atom is -0.487 e. The molecule has 2 nitrogen and oxygen atoms in total. The Morgan fingerprint density at radius 2 is 2.00 bits per heavy atom. The van der Waals surface area contributed by atoms with E-state index in [4.69, 9.17) is 10.5 Å². The molecule has 1 atom stereocenters. The van der Waals surface area contributed by atoms with Crippen LogP contribution < -0.4 is 10.5 Å². The van der Waals surface area contributed by atoms with Crippen LogP contribution in [0.4, 0.5) is 0 Å². The third kappa shape index (κ3) is 2.03. The average Bonchev–Trinajstić information content (AvgIpc) is 2.40. The molecule has 1 aromatic carbocycles. The molecule has 0 unspecified atom stereocenters. The summed E-state index contributed by atoms with van der Waals surface area (Å²) in [5.41, 5.74) is 7.55. The highest BCUT2D eigenvalue weighted by molar-refractivity contribution is 5.38. The highest BCUT2D eigenvalue weighted by atomic mass is 16.5. The number of para-hydroxylation sites is 1. The fraction of sp³-hybridized carbons (Fsp3) is 0.625. The van der Waals surface area contributed by atoms with Gasteiger partial charge in [0, 0.05) is 18.0 Å². The maximum atomic E-state index is 6.34. The molecule has 98 valence electrons. The lowest BCUT2D eigenvalue weighted by atomic mass is 9.73. The van der Waals surface area contributed by atoms with E-state index < -0.39 is 0 Å². The molecule has 0 saturated heterocycles. The van der Waals surface area contributed by atoms with Crippen molar-refractivity contribution in [3.8, 4) is 5.75 Å². The van der Waals surface area contributed by atoms with Crippen molar-refractivity contribution in [2.24, 2.45) is 11.7 Å². The van der Waals surface area contributed by atoms with E-state index in [1.165, 1.54) is 37.7 Å². The van der Waals surface area contributed by atoms with Crippen LogP contribution in [0.1, 0.15) is 57.1 Å². The van der Waals surface area contributed by atoms with E-state index in [0.29, 0.717) is 0 Å². The number of hydrogen-bond donors (Lipinski definition) is 1. The Hall–Kier alpha value is -1.02. The molecule has 3 rings (SSSR count). The van der Waals surface area contributed by atoms with E-state index in [1.807, 2.05) is 12.1 Å². The van der Waals surface area contributed by atoms with Gasteiger partial charge in [0.2, 0.25) is 0 Å². The van der Waals surface area contributed by atoms with Gasteiger partial charge in [0.25, 0.3) is 0 Å². The Morgan fingerprint density at radius 3 is 2.72 bits per heavy atom. The number of hydrogen-bond acceptors (Lipinski definition) is 2. The Labute approximate surface area is 110 Å². The van der Waals surface area contributed by atoms with Crippen LogP contribution in [0.25, 0.3) is 0 Å². The zero-order valence-electron chi connectivity index (χ0n) is 11.2. The summed E-state index contributed by atoms with van der Waals surface area (Å²) >= 11 is 0. The van der Waals surface area contributed by atoms with Gasteiger partial charge in [-0.2, -0.15) is 0 Å². The molecule has 1 spiro atoms. The van der Waals surface area contributed by atoms with Crippen LogP contribution in [0.2, 0.25) is 0 Å². The van der Waals surface area contributed by atoms with Crippen molar-refractivity contribution in [2.45, 2.75) is 57.1 Å². The fourth-order valence-corrected chi connectivity index (χ4v) is 3.58. The van der Waals surface area contributed by atoms with E-state index >= 15 is 0 Å². The number of rotatable bonds is 1. The molecule has 1 heterocycles. The summed E-state index contributed by atoms with van der Waals surface area (Å²) in [5, 5.41) is 0. The van der Waals surface area contributed by atoms with Gasteiger partial charge in [-0.1, -0.05) is 31.5 Å². The molecule has 1 aliphatic heterocycles. The first-order chi connectivity index (χ1) is 8.72. The standard InChI is InChI=1S/C16H23NO/c1-2-12-7-9-16(10-8-12)11-14(17)13-5-3-4-6-15(13)18-16/h3-6,12,14H,2,7-11,17H2,1H3/t12?,14-,16?/m1/s1. The number of fused-ring (bicyclic) bond motifs is 1. The lowest BCUT2D eigenvalue weighted by Crippen LogP contribution is -2.45. The van der Waals surface area contributed by atoms with Crippen molar-refractivity contribution in [2.75, 3.05) is 0 Å². The molecule has 0 aromatic heterocycles. The lowest BCUT2D eigenvalue weighted by molar-refractivity contribution is -0.0109. The SMILES string of the molecule is CCC1CCC2(CC1)C[C@@H](N)c1ccccc1O2. The first kappa shape index (κ1) is 12.0. The molecule has 2 N–H and O–H groups in total. The Morgan fingerprint density at radius 1 is 1.28 bits per heavy atom. The monoisotopic (exact) mass is 245 g/mol. The highest BCUT2D eigenvalue weighted by Crippen LogP contribution is 2.46. The third-order valence-corrected chi connectivity index (χ3v) is 4.83. The van der Waals surface area contributed by atoms with Crippen molar-refractivity contribution in [3.63, 3.8) is 0 Å². The lowest BCUT2D eigenvalue weighted by Gasteiger charge is -2.45. The van der Waals surface area contributed by atoms with Gasteiger partial charge >= 0.3 is 0 Å². The molecule has 0 radical (unpaired) electrons. The third-order valence-electron chi connectivity index (χ3n) is 4.83. The molecule has 1 saturated carbocycles. The van der Waals surface area contributed by atoms with Crippen molar-refractivity contribution >= 4 is 0 Å². The Bertz CT molecular complexity index is 421. The van der Waals surface area contributed by atoms with Gasteiger partial charge in [0.05, 0.1) is 0 Å². The largest absolute Gasteiger partial charge is 0.487 e. The van der Waals surface area contributed by atoms with Gasteiger partial charge in [-0.25, -0.2) is 0 Å². The van der Waals surface area contributed by atoms with Gasteiger partial charge < -0.3 is 10.5 Å². The average molecular weight is 245 g/mol. The predicted molar refractivity (Wildman–Crippen MR) is 73.6 cm³/mol. The minimum absolute atomic E-state index is 0.0272. The quantitative estimate of drug-likeness (QED) is 0.816. The van der Waals surface area contributed by atoms with Crippen molar-refractivity contribution in [1.82, 2.24) is 0 Å². The molecular formula is C16H23NO. The fourth-order valence-electron chi connectivity index (χ4n) is 3.58. The first-order valence-electron chi connectivity index (χ1n) is 7.26. The molecular weight excluding hydrogens is 222 g/mol. The van der Waals surface area contributed by atoms with E-state index in [1.54, 1.807) is 0 Å². The number of ether oxygens (including phenoxy) is 1. The normalized spacial score (nSPS) is 35.0. The van der Waals surface area contributed by atoms with Gasteiger partial charge in [0.15, 0.2) is 0 Å². The molecule has 2 aliphatic rings. The molecule has 2 heteroatoms. The molecule has 1 aromatic rings. The molecule has 0 bridgehead atoms. The van der Waals surface area contributed by atoms with Crippen LogP contribution in [-0.2, 0) is 0 Å². The van der Waals surface area contributed by atoms with Gasteiger partial charge in [0.1, 0.15) is 11.4 Å². The zero-order valence-corrected chi connectivity index (χ0v) is 11.2. The van der Waals surface area contributed by atoms with Crippen LogP contribution in [0.15, 0.2) is 24.3 Å². The summed E-state index contributed by atoms with van der Waals surface area (Å²) in [7, 11) is 0. The maximum Gasteiger partial charge on any atom is 0.124 e. The Kier molecular flexibility index (Phi) is 3.06. The first-order valence-corrected chi connectivity index (χ1v) is 7.26. The van der Waals surface area contributed by atoms with Crippen molar-refractivity contribution in [3.05, 3.63) is 29.8 Å². The van der Waals surface area contributed by atoms with E-state index in [9.17, 15) is 0 Å². The van der Waals surface area contributed by atoms with Crippen molar-refractivity contribution in [1.29, 1.82) is 0 Å². The second kappa shape index (κ2) is 4.58. The second-order valence-corrected chi connectivity index (χ2v) is 5.99. The maximum absolute atomic E-state index is 6.34. The van der Waals surface area contributed by atoms with Gasteiger partial charge in [-0.3, -0.25) is 0 Å². The molecule has 0 amide bonds. The topological polar surface area (TPSA) is 35.2 Å². The van der Waals surface area contributed by atoms with Crippen LogP contribution in [0, 0.1) is 5.92 Å². The predicted octanol–water partition coefficient (Wildman–Crippen LogP) is 3.81. The van der Waals surface area contributed by atoms with E-state index in [0.717, 1.165) is 18.1 Å². The van der Waals surface area contributed by atoms with E-state index in [-0.39, 0.29) is 11.6 Å². The molecule has 1 fully saturated rings. The van der Waals surface area contributed by atoms with Crippen LogP contribution in [-0.4, -0.2) is 5.60 Å². The highest BCUT2D eigenvalue weighted by Gasteiger charge is 2.42. The Balaban J connectivity index is 1.81. The van der Waals surface area contributed by atoms with Gasteiger partial charge in [-0.15, -0.1) is 0 Å². The summed E-state index contributed by atoms with van der Waals surface area (Å²) in [6.45, 7) is 2.30. The summed E-state index contributed by atoms with van der Waals surface area (Å²) in [6, 6.07) is 8.41.